The van der Waals surface area contributed by atoms with Crippen LogP contribution in [0.5, 0.6) is 5.75 Å². The van der Waals surface area contributed by atoms with Crippen molar-refractivity contribution in [1.82, 2.24) is 0 Å². The molecule has 1 aromatic carbocycles. The van der Waals surface area contributed by atoms with E-state index in [1.165, 1.54) is 22.3 Å². The minimum atomic E-state index is -0.914. The third kappa shape index (κ3) is 2.75. The Balaban J connectivity index is 2.00. The number of ether oxygens (including phenoxy) is 1. The zero-order valence-corrected chi connectivity index (χ0v) is 14.0. The molecule has 3 aromatic rings. The molecule has 0 aliphatic rings. The molecule has 5 heteroatoms. The number of halogens is 2. The molecule has 0 bridgehead atoms. The zero-order chi connectivity index (χ0) is 15.7. The molecule has 0 N–H and O–H groups in total. The van der Waals surface area contributed by atoms with E-state index in [2.05, 4.69) is 13.0 Å². The molecule has 22 heavy (non-hydrogen) atoms. The molecule has 2 heterocycles. The van der Waals surface area contributed by atoms with Crippen LogP contribution in [0.2, 0.25) is 0 Å². The van der Waals surface area contributed by atoms with E-state index < -0.39 is 11.6 Å². The van der Waals surface area contributed by atoms with Crippen LogP contribution in [0.1, 0.15) is 25.1 Å². The van der Waals surface area contributed by atoms with Gasteiger partial charge in [-0.05, 0) is 37.6 Å². The highest BCUT2D eigenvalue weighted by molar-refractivity contribution is 7.29. The van der Waals surface area contributed by atoms with Crippen molar-refractivity contribution in [2.75, 3.05) is 6.61 Å². The van der Waals surface area contributed by atoms with E-state index in [0.29, 0.717) is 12.2 Å². The van der Waals surface area contributed by atoms with E-state index in [1.807, 2.05) is 6.07 Å². The van der Waals surface area contributed by atoms with Crippen LogP contribution in [0.25, 0.3) is 19.8 Å². The van der Waals surface area contributed by atoms with Crippen LogP contribution in [-0.2, 0) is 6.42 Å². The van der Waals surface area contributed by atoms with Gasteiger partial charge in [0.05, 0.1) is 6.61 Å². The van der Waals surface area contributed by atoms with E-state index in [4.69, 9.17) is 4.74 Å². The first-order valence-electron chi connectivity index (χ1n) is 7.27. The zero-order valence-electron chi connectivity index (χ0n) is 12.4. The van der Waals surface area contributed by atoms with Crippen LogP contribution in [0, 0.1) is 11.6 Å². The van der Waals surface area contributed by atoms with Crippen molar-refractivity contribution >= 4 is 32.1 Å². The van der Waals surface area contributed by atoms with Gasteiger partial charge in [-0.15, -0.1) is 22.7 Å². The number of fused-ring (bicyclic) bond motifs is 1. The van der Waals surface area contributed by atoms with E-state index in [1.54, 1.807) is 24.3 Å². The fraction of sp³-hybridized carbons (Fsp3) is 0.294. The second kappa shape index (κ2) is 6.34. The third-order valence-corrected chi connectivity index (χ3v) is 5.75. The van der Waals surface area contributed by atoms with Gasteiger partial charge in [0.2, 0.25) is 5.82 Å². The van der Waals surface area contributed by atoms with Gasteiger partial charge in [0.15, 0.2) is 11.6 Å². The van der Waals surface area contributed by atoms with E-state index >= 15 is 0 Å². The Hall–Kier alpha value is -1.46. The van der Waals surface area contributed by atoms with Crippen LogP contribution in [0.3, 0.4) is 0 Å². The number of hydrogen-bond acceptors (Lipinski definition) is 3. The highest BCUT2D eigenvalue weighted by Crippen LogP contribution is 2.40. The SMILES string of the molecule is CCCc1cc2sc(-c3ccc(OCC)c(F)c3F)cc2s1. The Bertz CT molecular complexity index is 773. The van der Waals surface area contributed by atoms with Gasteiger partial charge in [0.25, 0.3) is 0 Å². The lowest BCUT2D eigenvalue weighted by Crippen LogP contribution is -1.98. The summed E-state index contributed by atoms with van der Waals surface area (Å²) in [4.78, 5) is 2.09. The Morgan fingerprint density at radius 3 is 2.45 bits per heavy atom. The Kier molecular flexibility index (Phi) is 4.45. The first-order chi connectivity index (χ1) is 10.6. The van der Waals surface area contributed by atoms with Gasteiger partial charge >= 0.3 is 0 Å². The van der Waals surface area contributed by atoms with Crippen LogP contribution in [0.15, 0.2) is 24.3 Å². The molecular weight excluding hydrogens is 322 g/mol. The van der Waals surface area contributed by atoms with Gasteiger partial charge in [-0.2, -0.15) is 4.39 Å². The third-order valence-electron chi connectivity index (χ3n) is 3.37. The van der Waals surface area contributed by atoms with Crippen LogP contribution < -0.4 is 4.74 Å². The second-order valence-corrected chi connectivity index (χ2v) is 7.23. The molecule has 116 valence electrons. The summed E-state index contributed by atoms with van der Waals surface area (Å²) >= 11 is 3.23. The molecule has 0 saturated heterocycles. The average Bonchev–Trinajstić information content (AvgIpc) is 3.03. The molecule has 0 spiro atoms. The molecule has 2 aromatic heterocycles. The molecule has 0 aliphatic heterocycles. The Labute approximate surface area is 136 Å². The van der Waals surface area contributed by atoms with Gasteiger partial charge in [-0.25, -0.2) is 4.39 Å². The molecule has 0 saturated carbocycles. The maximum Gasteiger partial charge on any atom is 0.201 e. The number of hydrogen-bond donors (Lipinski definition) is 0. The van der Waals surface area contributed by atoms with Crippen LogP contribution in [0.4, 0.5) is 8.78 Å². The quantitative estimate of drug-likeness (QED) is 0.533. The summed E-state index contributed by atoms with van der Waals surface area (Å²) < 4.78 is 35.6. The summed E-state index contributed by atoms with van der Waals surface area (Å²) in [5, 5.41) is 0. The van der Waals surface area contributed by atoms with E-state index in [-0.39, 0.29) is 5.75 Å². The molecule has 0 aliphatic carbocycles. The van der Waals surface area contributed by atoms with Gasteiger partial charge in [0.1, 0.15) is 0 Å². The lowest BCUT2D eigenvalue weighted by Gasteiger charge is -2.07. The van der Waals surface area contributed by atoms with Crippen molar-refractivity contribution in [2.24, 2.45) is 0 Å². The molecule has 1 nitrogen and oxygen atoms in total. The lowest BCUT2D eigenvalue weighted by molar-refractivity contribution is 0.314. The van der Waals surface area contributed by atoms with Crippen LogP contribution in [-0.4, -0.2) is 6.61 Å². The first-order valence-corrected chi connectivity index (χ1v) is 8.90. The monoisotopic (exact) mass is 338 g/mol. The van der Waals surface area contributed by atoms with Crippen molar-refractivity contribution in [3.8, 4) is 16.2 Å². The average molecular weight is 338 g/mol. The molecular formula is C17H16F2OS2. The number of thiophene rings is 2. The lowest BCUT2D eigenvalue weighted by atomic mass is 10.1. The summed E-state index contributed by atoms with van der Waals surface area (Å²) in [6.07, 6.45) is 2.17. The first kappa shape index (κ1) is 15.4. The largest absolute Gasteiger partial charge is 0.491 e. The van der Waals surface area contributed by atoms with Crippen molar-refractivity contribution < 1.29 is 13.5 Å². The predicted octanol–water partition coefficient (Wildman–Crippen LogP) is 6.26. The number of aryl methyl sites for hydroxylation is 1. The molecule has 0 atom stereocenters. The van der Waals surface area contributed by atoms with Crippen LogP contribution >= 0.6 is 22.7 Å². The van der Waals surface area contributed by atoms with Gasteiger partial charge in [0, 0.05) is 24.7 Å². The van der Waals surface area contributed by atoms with Crippen molar-refractivity contribution in [2.45, 2.75) is 26.7 Å². The topological polar surface area (TPSA) is 9.23 Å². The summed E-state index contributed by atoms with van der Waals surface area (Å²) in [6.45, 7) is 4.20. The van der Waals surface area contributed by atoms with Gasteiger partial charge in [-0.1, -0.05) is 13.3 Å². The second-order valence-electron chi connectivity index (χ2n) is 4.97. The summed E-state index contributed by atoms with van der Waals surface area (Å²) in [7, 11) is 0. The summed E-state index contributed by atoms with van der Waals surface area (Å²) in [5.41, 5.74) is 0.298. The highest BCUT2D eigenvalue weighted by Gasteiger charge is 2.18. The Morgan fingerprint density at radius 1 is 1.00 bits per heavy atom. The fourth-order valence-electron chi connectivity index (χ4n) is 2.38. The van der Waals surface area contributed by atoms with Crippen molar-refractivity contribution in [1.29, 1.82) is 0 Å². The molecule has 0 unspecified atom stereocenters. The van der Waals surface area contributed by atoms with Crippen molar-refractivity contribution in [3.05, 3.63) is 40.8 Å². The summed E-state index contributed by atoms with van der Waals surface area (Å²) in [6, 6.07) is 7.18. The normalized spacial score (nSPS) is 11.3. The fourth-order valence-corrected chi connectivity index (χ4v) is 4.92. The molecule has 0 amide bonds. The van der Waals surface area contributed by atoms with Gasteiger partial charge < -0.3 is 4.74 Å². The Morgan fingerprint density at radius 2 is 1.77 bits per heavy atom. The maximum absolute atomic E-state index is 14.3. The van der Waals surface area contributed by atoms with E-state index in [9.17, 15) is 8.78 Å². The molecule has 0 fully saturated rings. The number of benzene rings is 1. The van der Waals surface area contributed by atoms with Crippen molar-refractivity contribution in [3.63, 3.8) is 0 Å². The highest BCUT2D eigenvalue weighted by atomic mass is 32.1. The minimum Gasteiger partial charge on any atom is -0.491 e. The summed E-state index contributed by atoms with van der Waals surface area (Å²) in [5.74, 6) is -1.79. The molecule has 0 radical (unpaired) electrons. The smallest absolute Gasteiger partial charge is 0.201 e. The standard InChI is InChI=1S/C17H16F2OS2/c1-3-5-10-8-14-15(21-10)9-13(22-14)11-6-7-12(20-4-2)17(19)16(11)18/h6-9H,3-5H2,1-2H3. The van der Waals surface area contributed by atoms with E-state index in [0.717, 1.165) is 27.1 Å². The predicted molar refractivity (Wildman–Crippen MR) is 90.2 cm³/mol. The maximum atomic E-state index is 14.3. The van der Waals surface area contributed by atoms with Gasteiger partial charge in [-0.3, -0.25) is 0 Å². The number of rotatable bonds is 5. The molecule has 3 rings (SSSR count). The minimum absolute atomic E-state index is 0.0349.